The van der Waals surface area contributed by atoms with Gasteiger partial charge in [0.25, 0.3) is 0 Å². The molecule has 3 saturated carbocycles. The van der Waals surface area contributed by atoms with Crippen molar-refractivity contribution >= 4 is 17.7 Å². The fourth-order valence-corrected chi connectivity index (χ4v) is 8.57. The van der Waals surface area contributed by atoms with Crippen molar-refractivity contribution in [2.75, 3.05) is 19.7 Å². The number of carbonyl (C=O) groups excluding carboxylic acids is 2. The van der Waals surface area contributed by atoms with Crippen molar-refractivity contribution in [1.82, 2.24) is 4.90 Å². The molecule has 1 heterocycles. The molecule has 7 nitrogen and oxygen atoms in total. The van der Waals surface area contributed by atoms with Crippen molar-refractivity contribution in [2.24, 2.45) is 34.0 Å². The van der Waals surface area contributed by atoms with Gasteiger partial charge in [0.1, 0.15) is 12.8 Å². The third kappa shape index (κ3) is 2.42. The van der Waals surface area contributed by atoms with Crippen molar-refractivity contribution in [1.29, 1.82) is 0 Å². The Kier molecular flexibility index (Phi) is 4.61. The minimum Gasteiger partial charge on any atom is -0.465 e. The van der Waals surface area contributed by atoms with E-state index < -0.39 is 76.2 Å². The van der Waals surface area contributed by atoms with Crippen LogP contribution in [-0.4, -0.2) is 75.5 Å². The Morgan fingerprint density at radius 1 is 1.24 bits per heavy atom. The highest BCUT2D eigenvalue weighted by Gasteiger charge is 2.78. The molecule has 1 aliphatic heterocycles. The van der Waals surface area contributed by atoms with Crippen LogP contribution < -0.4 is 0 Å². The fourth-order valence-electron chi connectivity index (χ4n) is 8.57. The first-order chi connectivity index (χ1) is 15.4. The van der Waals surface area contributed by atoms with Crippen LogP contribution in [0.4, 0.5) is 13.6 Å². The summed E-state index contributed by atoms with van der Waals surface area (Å²) in [6, 6.07) is 0. The van der Waals surface area contributed by atoms with E-state index in [0.29, 0.717) is 6.42 Å². The number of fused-ring (bicyclic) bond motifs is 7. The first-order valence-electron chi connectivity index (χ1n) is 11.4. The van der Waals surface area contributed by atoms with Crippen LogP contribution >= 0.6 is 0 Å². The minimum atomic E-state index is -2.25. The van der Waals surface area contributed by atoms with E-state index in [9.17, 15) is 29.7 Å². The van der Waals surface area contributed by atoms with Crippen LogP contribution in [-0.2, 0) is 9.59 Å². The van der Waals surface area contributed by atoms with E-state index >= 15 is 8.78 Å². The molecule has 0 aromatic rings. The topological polar surface area (TPSA) is 115 Å². The number of likely N-dealkylation sites (tertiary alicyclic amines) is 1. The molecule has 0 radical (unpaired) electrons. The number of aliphatic hydroxyl groups excluding tert-OH is 2. The lowest BCUT2D eigenvalue weighted by molar-refractivity contribution is -0.211. The smallest absolute Gasteiger partial charge is 0.407 e. The summed E-state index contributed by atoms with van der Waals surface area (Å²) in [6.45, 7) is 2.44. The molecule has 4 aliphatic carbocycles. The second-order valence-corrected chi connectivity index (χ2v) is 11.0. The summed E-state index contributed by atoms with van der Waals surface area (Å²) in [6.07, 6.45) is -0.649. The predicted molar refractivity (Wildman–Crippen MR) is 112 cm³/mol. The van der Waals surface area contributed by atoms with Crippen molar-refractivity contribution < 1.29 is 38.5 Å². The summed E-state index contributed by atoms with van der Waals surface area (Å²) >= 11 is 0. The summed E-state index contributed by atoms with van der Waals surface area (Å²) in [5.41, 5.74) is -6.02. The van der Waals surface area contributed by atoms with Crippen molar-refractivity contribution in [3.63, 3.8) is 0 Å². The SMILES string of the molecule is C[C@]12C=CC(=O)C=C1[C@@H](F)C[C@H]1[C@@H]3C[C@H]4CN(C(=O)O)C[C@@]4(C(=O)CO)[C@@]3(C)C[C@H](O)[C@@]12F. The lowest BCUT2D eigenvalue weighted by Gasteiger charge is -2.63. The predicted octanol–water partition coefficient (Wildman–Crippen LogP) is 2.07. The van der Waals surface area contributed by atoms with E-state index in [0.717, 1.165) is 11.0 Å². The number of rotatable bonds is 2. The number of alkyl halides is 2. The van der Waals surface area contributed by atoms with Crippen LogP contribution in [0.15, 0.2) is 23.8 Å². The number of hydrogen-bond donors (Lipinski definition) is 3. The Balaban J connectivity index is 1.64. The van der Waals surface area contributed by atoms with Gasteiger partial charge in [0.2, 0.25) is 0 Å². The third-order valence-electron chi connectivity index (χ3n) is 10.1. The van der Waals surface area contributed by atoms with Crippen LogP contribution in [0.25, 0.3) is 0 Å². The van der Waals surface area contributed by atoms with Gasteiger partial charge in [-0.15, -0.1) is 0 Å². The van der Waals surface area contributed by atoms with Gasteiger partial charge in [-0.1, -0.05) is 13.0 Å². The number of halogens is 2. The highest BCUT2D eigenvalue weighted by molar-refractivity contribution is 6.01. The van der Waals surface area contributed by atoms with Gasteiger partial charge in [-0.25, -0.2) is 13.6 Å². The molecule has 1 amide bonds. The fraction of sp³-hybridized carbons (Fsp3) is 0.708. The van der Waals surface area contributed by atoms with Gasteiger partial charge in [-0.2, -0.15) is 0 Å². The number of aliphatic hydroxyl groups is 2. The van der Waals surface area contributed by atoms with E-state index in [1.165, 1.54) is 19.1 Å². The molecule has 33 heavy (non-hydrogen) atoms. The van der Waals surface area contributed by atoms with Gasteiger partial charge in [0.05, 0.1) is 11.5 Å². The van der Waals surface area contributed by atoms with Crippen LogP contribution in [0.3, 0.4) is 0 Å². The zero-order valence-corrected chi connectivity index (χ0v) is 18.6. The molecular formula is C24H29F2NO6. The average molecular weight is 465 g/mol. The number of ketones is 2. The lowest BCUT2D eigenvalue weighted by Crippen LogP contribution is -2.69. The van der Waals surface area contributed by atoms with Gasteiger partial charge >= 0.3 is 6.09 Å². The van der Waals surface area contributed by atoms with Crippen LogP contribution in [0.1, 0.15) is 33.1 Å². The number of allylic oxidation sites excluding steroid dienone is 4. The van der Waals surface area contributed by atoms with E-state index in [4.69, 9.17) is 0 Å². The highest BCUT2D eigenvalue weighted by Crippen LogP contribution is 2.74. The van der Waals surface area contributed by atoms with Crippen LogP contribution in [0.5, 0.6) is 0 Å². The van der Waals surface area contributed by atoms with Crippen molar-refractivity contribution in [2.45, 2.75) is 51.1 Å². The lowest BCUT2D eigenvalue weighted by atomic mass is 9.43. The number of amides is 1. The Hall–Kier alpha value is -2.13. The standard InChI is InChI=1S/C24H29F2NO6/c1-21-4-3-13(29)6-16(21)17(25)7-15-14-5-12-9-27(20(32)33)11-23(12,19(31)10-28)22(14,2)8-18(30)24(15,21)26/h3-4,6,12,14-15,17-18,28,30H,5,7-11H2,1-2H3,(H,32,33)/t12-,14-,15-,17-,18-,21-,22-,23+,24-/m0/s1. The number of carbonyl (C=O) groups is 3. The Bertz CT molecular complexity index is 1010. The zero-order chi connectivity index (χ0) is 24.1. The first kappa shape index (κ1) is 22.7. The number of nitrogens with zero attached hydrogens (tertiary/aromatic N) is 1. The molecular weight excluding hydrogens is 436 g/mol. The molecule has 0 spiro atoms. The molecule has 0 unspecified atom stereocenters. The molecule has 4 fully saturated rings. The van der Waals surface area contributed by atoms with E-state index in [1.807, 2.05) is 0 Å². The van der Waals surface area contributed by atoms with Crippen molar-refractivity contribution in [3.8, 4) is 0 Å². The number of hydrogen-bond acceptors (Lipinski definition) is 5. The second-order valence-electron chi connectivity index (χ2n) is 11.0. The molecule has 5 aliphatic rings. The Morgan fingerprint density at radius 3 is 2.58 bits per heavy atom. The largest absolute Gasteiger partial charge is 0.465 e. The average Bonchev–Trinajstić information content (AvgIpc) is 3.25. The van der Waals surface area contributed by atoms with Gasteiger partial charge in [-0.05, 0) is 61.2 Å². The molecule has 1 saturated heterocycles. The maximum absolute atomic E-state index is 17.2. The highest BCUT2D eigenvalue weighted by atomic mass is 19.1. The summed E-state index contributed by atoms with van der Waals surface area (Å²) in [4.78, 5) is 38.0. The second kappa shape index (κ2) is 6.72. The Morgan fingerprint density at radius 2 is 1.94 bits per heavy atom. The maximum Gasteiger partial charge on any atom is 0.407 e. The summed E-state index contributed by atoms with van der Waals surface area (Å²) < 4.78 is 32.6. The first-order valence-corrected chi connectivity index (χ1v) is 11.4. The van der Waals surface area contributed by atoms with E-state index in [1.54, 1.807) is 6.92 Å². The zero-order valence-electron chi connectivity index (χ0n) is 18.6. The summed E-state index contributed by atoms with van der Waals surface area (Å²) in [5, 5.41) is 30.7. The van der Waals surface area contributed by atoms with Crippen LogP contribution in [0, 0.1) is 34.0 Å². The summed E-state index contributed by atoms with van der Waals surface area (Å²) in [5.74, 6) is -2.82. The minimum absolute atomic E-state index is 0.0350. The van der Waals surface area contributed by atoms with E-state index in [-0.39, 0.29) is 31.5 Å². The van der Waals surface area contributed by atoms with Gasteiger partial charge in [0.15, 0.2) is 17.2 Å². The quantitative estimate of drug-likeness (QED) is 0.575. The van der Waals surface area contributed by atoms with Gasteiger partial charge in [-0.3, -0.25) is 9.59 Å². The van der Waals surface area contributed by atoms with Gasteiger partial charge in [0, 0.05) is 24.4 Å². The van der Waals surface area contributed by atoms with Gasteiger partial charge < -0.3 is 20.2 Å². The molecule has 9 heteroatoms. The third-order valence-corrected chi connectivity index (χ3v) is 10.1. The molecule has 0 bridgehead atoms. The van der Waals surface area contributed by atoms with Crippen molar-refractivity contribution in [3.05, 3.63) is 23.8 Å². The van der Waals surface area contributed by atoms with E-state index in [2.05, 4.69) is 0 Å². The van der Waals surface area contributed by atoms with Crippen LogP contribution in [0.2, 0.25) is 0 Å². The molecule has 180 valence electrons. The number of carboxylic acid groups (broad SMARTS) is 1. The monoisotopic (exact) mass is 465 g/mol. The molecule has 0 aromatic heterocycles. The summed E-state index contributed by atoms with van der Waals surface area (Å²) in [7, 11) is 0. The maximum atomic E-state index is 17.2. The Labute approximate surface area is 190 Å². The molecule has 0 aromatic carbocycles. The molecule has 9 atom stereocenters. The number of Topliss-reactive ketones (excluding diaryl/α,β-unsaturated/α-hetero) is 1. The molecule has 3 N–H and O–H groups in total. The normalized spacial score (nSPS) is 50.2. The molecule has 5 rings (SSSR count).